The van der Waals surface area contributed by atoms with Gasteiger partial charge in [0.25, 0.3) is 0 Å². The lowest BCUT2D eigenvalue weighted by Crippen LogP contribution is -2.11. The summed E-state index contributed by atoms with van der Waals surface area (Å²) in [5.41, 5.74) is 6.92. The van der Waals surface area contributed by atoms with E-state index in [2.05, 4.69) is 21.9 Å². The van der Waals surface area contributed by atoms with Crippen LogP contribution in [0.4, 0.5) is 0 Å². The average molecular weight is 252 g/mol. The molecule has 0 radical (unpaired) electrons. The SMILES string of the molecule is C=NC(=N[C@H](C)CO)C(C)=C(N)/C=C/O/N=C/C. The molecule has 0 amide bonds. The molecule has 0 aromatic carbocycles. The largest absolute Gasteiger partial charge is 0.398 e. The minimum absolute atomic E-state index is 0.0592. The minimum atomic E-state index is -0.252. The van der Waals surface area contributed by atoms with Gasteiger partial charge in [-0.05, 0) is 33.6 Å². The van der Waals surface area contributed by atoms with E-state index in [1.54, 1.807) is 26.8 Å². The second-order valence-electron chi connectivity index (χ2n) is 3.49. The van der Waals surface area contributed by atoms with E-state index in [4.69, 9.17) is 15.7 Å². The Kier molecular flexibility index (Phi) is 8.13. The lowest BCUT2D eigenvalue weighted by atomic mass is 10.2. The van der Waals surface area contributed by atoms with Crippen LogP contribution in [0.3, 0.4) is 0 Å². The number of amidine groups is 1. The number of rotatable bonds is 6. The quantitative estimate of drug-likeness (QED) is 0.245. The lowest BCUT2D eigenvalue weighted by molar-refractivity contribution is 0.270. The fourth-order valence-corrected chi connectivity index (χ4v) is 0.960. The molecule has 6 nitrogen and oxygen atoms in total. The van der Waals surface area contributed by atoms with Crippen LogP contribution in [0.25, 0.3) is 0 Å². The van der Waals surface area contributed by atoms with Gasteiger partial charge in [0.2, 0.25) is 0 Å². The number of hydrogen-bond acceptors (Lipinski definition) is 5. The molecular weight excluding hydrogens is 232 g/mol. The summed E-state index contributed by atoms with van der Waals surface area (Å²) in [5, 5.41) is 12.5. The van der Waals surface area contributed by atoms with Crippen molar-refractivity contribution in [2.24, 2.45) is 20.9 Å². The average Bonchev–Trinajstić information content (AvgIpc) is 2.39. The number of nitrogens with zero attached hydrogens (tertiary/aromatic N) is 3. The van der Waals surface area contributed by atoms with Crippen molar-refractivity contribution < 1.29 is 9.94 Å². The highest BCUT2D eigenvalue weighted by Gasteiger charge is 2.05. The Morgan fingerprint density at radius 3 is 2.72 bits per heavy atom. The molecule has 18 heavy (non-hydrogen) atoms. The van der Waals surface area contributed by atoms with Crippen molar-refractivity contribution in [3.8, 4) is 0 Å². The van der Waals surface area contributed by atoms with E-state index in [1.165, 1.54) is 12.5 Å². The fourth-order valence-electron chi connectivity index (χ4n) is 0.960. The van der Waals surface area contributed by atoms with Crippen molar-refractivity contribution in [3.63, 3.8) is 0 Å². The standard InChI is InChI=1S/C12H20N4O2/c1-5-15-18-7-6-11(13)10(3)12(14-4)16-9(2)8-17/h5-7,9,17H,4,8,13H2,1-3H3/b7-6+,11-10?,15-5+,16-12?/t9-/m1/s1. The Labute approximate surface area is 107 Å². The molecule has 0 aliphatic carbocycles. The third-order valence-electron chi connectivity index (χ3n) is 2.00. The Balaban J connectivity index is 4.94. The number of allylic oxidation sites excluding steroid dienone is 1. The third-order valence-corrected chi connectivity index (χ3v) is 2.00. The fraction of sp³-hybridized carbons (Fsp3) is 0.417. The highest BCUT2D eigenvalue weighted by atomic mass is 16.6. The summed E-state index contributed by atoms with van der Waals surface area (Å²) in [6.07, 6.45) is 4.42. The molecule has 0 unspecified atom stereocenters. The number of oxime groups is 1. The molecule has 100 valence electrons. The maximum Gasteiger partial charge on any atom is 0.151 e. The molecule has 6 heteroatoms. The summed E-state index contributed by atoms with van der Waals surface area (Å²) in [6.45, 7) is 8.64. The maximum atomic E-state index is 8.93. The van der Waals surface area contributed by atoms with Gasteiger partial charge in [-0.1, -0.05) is 5.16 Å². The first-order chi connectivity index (χ1) is 8.56. The second-order valence-corrected chi connectivity index (χ2v) is 3.49. The highest BCUT2D eigenvalue weighted by Crippen LogP contribution is 2.06. The summed E-state index contributed by atoms with van der Waals surface area (Å²) in [6, 6.07) is -0.252. The van der Waals surface area contributed by atoms with Gasteiger partial charge >= 0.3 is 0 Å². The smallest absolute Gasteiger partial charge is 0.151 e. The maximum absolute atomic E-state index is 8.93. The number of aliphatic hydroxyl groups excluding tert-OH is 1. The first-order valence-electron chi connectivity index (χ1n) is 5.49. The van der Waals surface area contributed by atoms with E-state index >= 15 is 0 Å². The lowest BCUT2D eigenvalue weighted by Gasteiger charge is -2.07. The van der Waals surface area contributed by atoms with Gasteiger partial charge in [-0.3, -0.25) is 4.99 Å². The van der Waals surface area contributed by atoms with Gasteiger partial charge in [-0.15, -0.1) is 0 Å². The second kappa shape index (κ2) is 9.12. The highest BCUT2D eigenvalue weighted by molar-refractivity contribution is 6.01. The number of nitrogens with two attached hydrogens (primary N) is 1. The van der Waals surface area contributed by atoms with Crippen LogP contribution in [0.5, 0.6) is 0 Å². The van der Waals surface area contributed by atoms with Crippen molar-refractivity contribution in [3.05, 3.63) is 23.6 Å². The van der Waals surface area contributed by atoms with Gasteiger partial charge in [0.15, 0.2) is 5.84 Å². The van der Waals surface area contributed by atoms with Crippen LogP contribution in [-0.2, 0) is 4.84 Å². The van der Waals surface area contributed by atoms with Gasteiger partial charge in [0.1, 0.15) is 6.26 Å². The zero-order valence-corrected chi connectivity index (χ0v) is 11.0. The molecule has 0 aromatic heterocycles. The van der Waals surface area contributed by atoms with Crippen LogP contribution < -0.4 is 5.73 Å². The van der Waals surface area contributed by atoms with E-state index in [0.29, 0.717) is 17.1 Å². The Morgan fingerprint density at radius 1 is 1.56 bits per heavy atom. The van der Waals surface area contributed by atoms with Crippen molar-refractivity contribution in [2.45, 2.75) is 26.8 Å². The van der Waals surface area contributed by atoms with Crippen molar-refractivity contribution in [1.29, 1.82) is 0 Å². The minimum Gasteiger partial charge on any atom is -0.398 e. The molecule has 0 aromatic rings. The number of aliphatic imine (C=N–C) groups is 2. The summed E-state index contributed by atoms with van der Waals surface area (Å²) >= 11 is 0. The Morgan fingerprint density at radius 2 is 2.22 bits per heavy atom. The summed E-state index contributed by atoms with van der Waals surface area (Å²) in [7, 11) is 0. The molecule has 0 spiro atoms. The molecule has 0 saturated heterocycles. The summed E-state index contributed by atoms with van der Waals surface area (Å²) < 4.78 is 0. The molecule has 0 heterocycles. The van der Waals surface area contributed by atoms with Gasteiger partial charge in [-0.25, -0.2) is 4.99 Å². The van der Waals surface area contributed by atoms with Crippen molar-refractivity contribution >= 4 is 18.8 Å². The van der Waals surface area contributed by atoms with Crippen molar-refractivity contribution in [1.82, 2.24) is 0 Å². The van der Waals surface area contributed by atoms with Gasteiger partial charge in [-0.2, -0.15) is 0 Å². The monoisotopic (exact) mass is 252 g/mol. The molecule has 0 rings (SSSR count). The predicted molar refractivity (Wildman–Crippen MR) is 74.8 cm³/mol. The van der Waals surface area contributed by atoms with Crippen molar-refractivity contribution in [2.75, 3.05) is 6.61 Å². The van der Waals surface area contributed by atoms with Gasteiger partial charge in [0.05, 0.1) is 12.6 Å². The Bertz CT molecular complexity index is 384. The zero-order chi connectivity index (χ0) is 14.0. The molecular formula is C12H20N4O2. The molecule has 1 atom stereocenters. The predicted octanol–water partition coefficient (Wildman–Crippen LogP) is 1.24. The van der Waals surface area contributed by atoms with Crippen LogP contribution >= 0.6 is 0 Å². The van der Waals surface area contributed by atoms with E-state index in [-0.39, 0.29) is 12.6 Å². The number of hydrogen-bond donors (Lipinski definition) is 2. The van der Waals surface area contributed by atoms with E-state index < -0.39 is 0 Å². The van der Waals surface area contributed by atoms with E-state index in [9.17, 15) is 0 Å². The van der Waals surface area contributed by atoms with Gasteiger partial charge < -0.3 is 15.7 Å². The van der Waals surface area contributed by atoms with Crippen LogP contribution in [0.1, 0.15) is 20.8 Å². The number of aliphatic hydroxyl groups is 1. The van der Waals surface area contributed by atoms with Crippen LogP contribution in [0.2, 0.25) is 0 Å². The first-order valence-corrected chi connectivity index (χ1v) is 5.49. The third kappa shape index (κ3) is 5.95. The van der Waals surface area contributed by atoms with Gasteiger partial charge in [0, 0.05) is 17.5 Å². The molecule has 0 aliphatic rings. The molecule has 3 N–H and O–H groups in total. The zero-order valence-electron chi connectivity index (χ0n) is 11.0. The van der Waals surface area contributed by atoms with E-state index in [0.717, 1.165) is 0 Å². The summed E-state index contributed by atoms with van der Waals surface area (Å²) in [4.78, 5) is 12.7. The van der Waals surface area contributed by atoms with Crippen LogP contribution in [0, 0.1) is 0 Å². The molecule has 0 saturated carbocycles. The first kappa shape index (κ1) is 16.1. The molecule has 0 bridgehead atoms. The summed E-state index contributed by atoms with van der Waals surface area (Å²) in [5.74, 6) is 0.401. The van der Waals surface area contributed by atoms with Crippen LogP contribution in [0.15, 0.2) is 38.7 Å². The Hall–Kier alpha value is -1.95. The van der Waals surface area contributed by atoms with E-state index in [1.807, 2.05) is 0 Å². The van der Waals surface area contributed by atoms with Crippen LogP contribution in [-0.4, -0.2) is 36.5 Å². The molecule has 0 aliphatic heterocycles. The normalized spacial score (nSPS) is 15.9. The molecule has 0 fully saturated rings. The topological polar surface area (TPSA) is 92.6 Å².